The Labute approximate surface area is 122 Å². The minimum atomic E-state index is -0.254. The van der Waals surface area contributed by atoms with Gasteiger partial charge in [0, 0.05) is 32.1 Å². The Hall–Kier alpha value is -2.15. The molecular weight excluding hydrogens is 278 g/mol. The van der Waals surface area contributed by atoms with E-state index in [1.54, 1.807) is 17.0 Å². The topological polar surface area (TPSA) is 92.8 Å². The van der Waals surface area contributed by atoms with Gasteiger partial charge in [-0.3, -0.25) is 9.69 Å². The molecule has 0 unspecified atom stereocenters. The third-order valence-electron chi connectivity index (χ3n) is 2.48. The zero-order valence-electron chi connectivity index (χ0n) is 10.8. The molecule has 0 saturated heterocycles. The number of rotatable bonds is 7. The molecule has 104 valence electrons. The normalized spacial score (nSPS) is 9.80. The number of carbonyl (C=O) groups is 1. The fourth-order valence-electron chi connectivity index (χ4n) is 1.56. The maximum atomic E-state index is 11.9. The Morgan fingerprint density at radius 1 is 1.35 bits per heavy atom. The quantitative estimate of drug-likeness (QED) is 0.773. The fourth-order valence-corrected chi connectivity index (χ4v) is 1.72. The van der Waals surface area contributed by atoms with Gasteiger partial charge in [-0.1, -0.05) is 11.6 Å². The van der Waals surface area contributed by atoms with E-state index in [1.807, 2.05) is 12.1 Å². The predicted octanol–water partition coefficient (Wildman–Crippen LogP) is 1.80. The van der Waals surface area contributed by atoms with E-state index in [9.17, 15) is 4.79 Å². The van der Waals surface area contributed by atoms with E-state index in [2.05, 4.69) is 10.3 Å². The van der Waals surface area contributed by atoms with Crippen molar-refractivity contribution in [2.45, 2.75) is 12.8 Å². The Morgan fingerprint density at radius 2 is 2.00 bits per heavy atom. The van der Waals surface area contributed by atoms with Gasteiger partial charge in [-0.05, 0) is 12.1 Å². The first-order chi connectivity index (χ1) is 9.67. The Bertz CT molecular complexity index is 516. The van der Waals surface area contributed by atoms with Crippen LogP contribution in [0.3, 0.4) is 0 Å². The molecule has 1 heterocycles. The summed E-state index contributed by atoms with van der Waals surface area (Å²) >= 11 is 5.85. The SMILES string of the molecule is N#CCCN(CCC#N)CC(=O)Nc1cccnc1Cl. The highest BCUT2D eigenvalue weighted by molar-refractivity contribution is 6.32. The van der Waals surface area contributed by atoms with Gasteiger partial charge in [0.25, 0.3) is 0 Å². The van der Waals surface area contributed by atoms with Crippen LogP contribution in [0.15, 0.2) is 18.3 Å². The van der Waals surface area contributed by atoms with Crippen molar-refractivity contribution in [1.82, 2.24) is 9.88 Å². The number of carbonyl (C=O) groups excluding carboxylic acids is 1. The second-order valence-corrected chi connectivity index (χ2v) is 4.34. The highest BCUT2D eigenvalue weighted by Crippen LogP contribution is 2.17. The number of amides is 1. The predicted molar refractivity (Wildman–Crippen MR) is 74.8 cm³/mol. The highest BCUT2D eigenvalue weighted by Gasteiger charge is 2.12. The van der Waals surface area contributed by atoms with Crippen LogP contribution in [0.1, 0.15) is 12.8 Å². The zero-order valence-corrected chi connectivity index (χ0v) is 11.6. The lowest BCUT2D eigenvalue weighted by Gasteiger charge is -2.19. The summed E-state index contributed by atoms with van der Waals surface area (Å²) < 4.78 is 0. The number of nitrogens with zero attached hydrogens (tertiary/aromatic N) is 4. The summed E-state index contributed by atoms with van der Waals surface area (Å²) in [6.07, 6.45) is 2.16. The number of hydrogen-bond donors (Lipinski definition) is 1. The van der Waals surface area contributed by atoms with Crippen molar-refractivity contribution in [3.05, 3.63) is 23.5 Å². The van der Waals surface area contributed by atoms with Gasteiger partial charge >= 0.3 is 0 Å². The number of hydrogen-bond acceptors (Lipinski definition) is 5. The minimum absolute atomic E-state index is 0.106. The van der Waals surface area contributed by atoms with Crippen molar-refractivity contribution in [3.8, 4) is 12.1 Å². The molecule has 1 amide bonds. The maximum absolute atomic E-state index is 11.9. The van der Waals surface area contributed by atoms with Crippen molar-refractivity contribution in [3.63, 3.8) is 0 Å². The van der Waals surface area contributed by atoms with Gasteiger partial charge in [0.05, 0.1) is 24.4 Å². The van der Waals surface area contributed by atoms with Gasteiger partial charge in [-0.25, -0.2) is 4.98 Å². The van der Waals surface area contributed by atoms with Crippen molar-refractivity contribution < 1.29 is 4.79 Å². The summed E-state index contributed by atoms with van der Waals surface area (Å²) in [6, 6.07) is 7.36. The minimum Gasteiger partial charge on any atom is -0.322 e. The first-order valence-corrected chi connectivity index (χ1v) is 6.41. The van der Waals surface area contributed by atoms with Crippen LogP contribution >= 0.6 is 11.6 Å². The lowest BCUT2D eigenvalue weighted by Crippen LogP contribution is -2.34. The Kier molecular flexibility index (Phi) is 7.05. The van der Waals surface area contributed by atoms with Gasteiger partial charge in [0.2, 0.25) is 5.91 Å². The summed E-state index contributed by atoms with van der Waals surface area (Å²) in [5.74, 6) is -0.254. The lowest BCUT2D eigenvalue weighted by atomic mass is 10.3. The summed E-state index contributed by atoms with van der Waals surface area (Å²) in [6.45, 7) is 1.01. The van der Waals surface area contributed by atoms with E-state index in [1.165, 1.54) is 6.20 Å². The second kappa shape index (κ2) is 8.87. The van der Waals surface area contributed by atoms with E-state index in [0.717, 1.165) is 0 Å². The molecule has 0 aliphatic heterocycles. The number of halogens is 1. The first-order valence-electron chi connectivity index (χ1n) is 6.04. The number of pyridine rings is 1. The van der Waals surface area contributed by atoms with Crippen molar-refractivity contribution >= 4 is 23.2 Å². The third-order valence-corrected chi connectivity index (χ3v) is 2.78. The van der Waals surface area contributed by atoms with E-state index in [-0.39, 0.29) is 17.6 Å². The molecule has 1 N–H and O–H groups in total. The van der Waals surface area contributed by atoms with Crippen LogP contribution in [0, 0.1) is 22.7 Å². The van der Waals surface area contributed by atoms with Gasteiger partial charge in [0.15, 0.2) is 5.15 Å². The Balaban J connectivity index is 2.55. The van der Waals surface area contributed by atoms with Crippen molar-refractivity contribution in [2.75, 3.05) is 25.0 Å². The monoisotopic (exact) mass is 291 g/mol. The molecule has 0 atom stereocenters. The average Bonchev–Trinajstić information content (AvgIpc) is 2.44. The Morgan fingerprint density at radius 3 is 2.55 bits per heavy atom. The summed E-state index contributed by atoms with van der Waals surface area (Å²) in [7, 11) is 0. The zero-order chi connectivity index (χ0) is 14.8. The standard InChI is InChI=1S/C13H14ClN5O/c14-13-11(4-1-7-17-13)18-12(20)10-19(8-2-5-15)9-3-6-16/h1,4,7H,2-3,8-10H2,(H,18,20). The molecule has 0 radical (unpaired) electrons. The molecule has 1 aromatic heterocycles. The molecule has 7 heteroatoms. The van der Waals surface area contributed by atoms with Crippen LogP contribution in [-0.4, -0.2) is 35.4 Å². The van der Waals surface area contributed by atoms with Crippen LogP contribution in [-0.2, 0) is 4.79 Å². The molecular formula is C13H14ClN5O. The average molecular weight is 292 g/mol. The smallest absolute Gasteiger partial charge is 0.238 e. The molecule has 0 bridgehead atoms. The van der Waals surface area contributed by atoms with Crippen molar-refractivity contribution in [1.29, 1.82) is 10.5 Å². The first kappa shape index (κ1) is 15.9. The molecule has 6 nitrogen and oxygen atoms in total. The molecule has 0 aliphatic rings. The van der Waals surface area contributed by atoms with Gasteiger partial charge in [0.1, 0.15) is 0 Å². The molecule has 0 spiro atoms. The van der Waals surface area contributed by atoms with E-state index >= 15 is 0 Å². The summed E-state index contributed by atoms with van der Waals surface area (Å²) in [4.78, 5) is 17.5. The number of nitriles is 2. The van der Waals surface area contributed by atoms with Crippen molar-refractivity contribution in [2.24, 2.45) is 0 Å². The molecule has 0 aromatic carbocycles. The largest absolute Gasteiger partial charge is 0.322 e. The van der Waals surface area contributed by atoms with Gasteiger partial charge in [-0.2, -0.15) is 10.5 Å². The molecule has 0 fully saturated rings. The van der Waals surface area contributed by atoms with Crippen LogP contribution in [0.4, 0.5) is 5.69 Å². The lowest BCUT2D eigenvalue weighted by molar-refractivity contribution is -0.117. The highest BCUT2D eigenvalue weighted by atomic mass is 35.5. The molecule has 20 heavy (non-hydrogen) atoms. The molecule has 1 rings (SSSR count). The fraction of sp³-hybridized carbons (Fsp3) is 0.385. The van der Waals surface area contributed by atoms with Gasteiger partial charge in [-0.15, -0.1) is 0 Å². The van der Waals surface area contributed by atoms with Crippen LogP contribution in [0.5, 0.6) is 0 Å². The van der Waals surface area contributed by atoms with E-state index < -0.39 is 0 Å². The summed E-state index contributed by atoms with van der Waals surface area (Å²) in [5, 5.41) is 20.0. The molecule has 0 aliphatic carbocycles. The number of aromatic nitrogens is 1. The summed E-state index contributed by atoms with van der Waals surface area (Å²) in [5.41, 5.74) is 0.444. The van der Waals surface area contributed by atoms with Crippen LogP contribution in [0.25, 0.3) is 0 Å². The van der Waals surface area contributed by atoms with E-state index in [4.69, 9.17) is 22.1 Å². The third kappa shape index (κ3) is 5.66. The van der Waals surface area contributed by atoms with Crippen LogP contribution in [0.2, 0.25) is 5.15 Å². The number of nitrogens with one attached hydrogen (secondary N) is 1. The van der Waals surface area contributed by atoms with Crippen LogP contribution < -0.4 is 5.32 Å². The second-order valence-electron chi connectivity index (χ2n) is 3.98. The molecule has 0 saturated carbocycles. The maximum Gasteiger partial charge on any atom is 0.238 e. The number of anilines is 1. The molecule has 1 aromatic rings. The van der Waals surface area contributed by atoms with E-state index in [0.29, 0.717) is 31.6 Å². The van der Waals surface area contributed by atoms with Gasteiger partial charge < -0.3 is 5.32 Å².